The molecule has 3 nitrogen and oxygen atoms in total. The predicted octanol–water partition coefficient (Wildman–Crippen LogP) is 4.23. The fourth-order valence-corrected chi connectivity index (χ4v) is 7.54. The Hall–Kier alpha value is -1.13. The average molecular weight is 366 g/mol. The van der Waals surface area contributed by atoms with Crippen LogP contribution in [0.25, 0.3) is 0 Å². The van der Waals surface area contributed by atoms with Crippen molar-refractivity contribution in [1.29, 1.82) is 0 Å². The zero-order valence-corrected chi connectivity index (χ0v) is 15.8. The number of Topliss-reactive ketones (excluding diaryl/α,β-unsaturated/α-hetero) is 3. The van der Waals surface area contributed by atoms with Gasteiger partial charge in [-0.05, 0) is 48.9 Å². The largest absolute Gasteiger partial charge is 0.300 e. The van der Waals surface area contributed by atoms with E-state index in [-0.39, 0.29) is 46.9 Å². The van der Waals surface area contributed by atoms with E-state index in [9.17, 15) is 14.4 Å². The van der Waals surface area contributed by atoms with E-state index in [1.54, 1.807) is 6.92 Å². The lowest BCUT2D eigenvalue weighted by Crippen LogP contribution is -2.59. The molecule has 4 rings (SSSR count). The summed E-state index contributed by atoms with van der Waals surface area (Å²) < 4.78 is 30.3. The number of halogens is 2. The summed E-state index contributed by atoms with van der Waals surface area (Å²) in [7, 11) is 0. The van der Waals surface area contributed by atoms with Crippen LogP contribution < -0.4 is 0 Å². The van der Waals surface area contributed by atoms with E-state index >= 15 is 8.78 Å². The maximum absolute atomic E-state index is 15.1. The fraction of sp³-hybridized carbons (Fsp3) is 0.857. The van der Waals surface area contributed by atoms with Gasteiger partial charge in [-0.25, -0.2) is 8.78 Å². The van der Waals surface area contributed by atoms with E-state index in [1.165, 1.54) is 6.92 Å². The molecule has 0 aromatic rings. The van der Waals surface area contributed by atoms with Crippen LogP contribution in [0.5, 0.6) is 0 Å². The molecule has 0 aromatic carbocycles. The molecule has 26 heavy (non-hydrogen) atoms. The number of carbonyl (C=O) groups is 3. The van der Waals surface area contributed by atoms with Crippen LogP contribution in [0, 0.1) is 40.4 Å². The molecule has 4 saturated carbocycles. The first kappa shape index (κ1) is 18.2. The third-order valence-corrected chi connectivity index (χ3v) is 8.59. The first-order valence-electron chi connectivity index (χ1n) is 9.93. The van der Waals surface area contributed by atoms with Crippen LogP contribution in [-0.4, -0.2) is 23.3 Å². The molecule has 0 heterocycles. The Morgan fingerprint density at radius 2 is 1.81 bits per heavy atom. The third-order valence-electron chi connectivity index (χ3n) is 8.59. The van der Waals surface area contributed by atoms with Crippen molar-refractivity contribution in [2.75, 3.05) is 0 Å². The van der Waals surface area contributed by atoms with Gasteiger partial charge in [-0.15, -0.1) is 0 Å². The summed E-state index contributed by atoms with van der Waals surface area (Å²) >= 11 is 0. The van der Waals surface area contributed by atoms with E-state index in [0.29, 0.717) is 25.7 Å². The molecule has 1 unspecified atom stereocenters. The summed E-state index contributed by atoms with van der Waals surface area (Å²) in [4.78, 5) is 37.3. The van der Waals surface area contributed by atoms with Crippen molar-refractivity contribution in [2.24, 2.45) is 40.4 Å². The highest BCUT2D eigenvalue weighted by Crippen LogP contribution is 2.69. The third kappa shape index (κ3) is 2.24. The zero-order valence-electron chi connectivity index (χ0n) is 15.8. The van der Waals surface area contributed by atoms with E-state index in [2.05, 4.69) is 6.92 Å². The molecule has 4 fully saturated rings. The van der Waals surface area contributed by atoms with E-state index in [4.69, 9.17) is 0 Å². The standard InChI is InChI=1S/C21H28F2O3/c1-11(24)15-9-21(22,23)18-14-5-4-12-8-13(25)6-7-19(12,2)17(14)16(26)10-20(15,18)3/h12,14-15,17-18H,4-10H2,1-3H3/t12?,14-,15-,17-,18+,19+,20-/m1/s1. The van der Waals surface area contributed by atoms with Crippen LogP contribution in [0.2, 0.25) is 0 Å². The monoisotopic (exact) mass is 366 g/mol. The number of rotatable bonds is 1. The molecule has 0 spiro atoms. The summed E-state index contributed by atoms with van der Waals surface area (Å²) in [5.74, 6) is -5.07. The lowest BCUT2D eigenvalue weighted by atomic mass is 9.44. The second-order valence-corrected chi connectivity index (χ2v) is 9.92. The first-order chi connectivity index (χ1) is 12.0. The molecule has 5 heteroatoms. The lowest BCUT2D eigenvalue weighted by molar-refractivity contribution is -0.179. The molecule has 0 N–H and O–H groups in total. The normalized spacial score (nSPS) is 50.0. The molecule has 144 valence electrons. The van der Waals surface area contributed by atoms with Gasteiger partial charge in [-0.1, -0.05) is 13.8 Å². The molecular weight excluding hydrogens is 338 g/mol. The number of carbonyl (C=O) groups excluding carboxylic acids is 3. The molecular formula is C21H28F2O3. The highest BCUT2D eigenvalue weighted by atomic mass is 19.3. The zero-order chi connectivity index (χ0) is 19.1. The molecule has 0 amide bonds. The van der Waals surface area contributed by atoms with Crippen LogP contribution in [0.3, 0.4) is 0 Å². The topological polar surface area (TPSA) is 51.2 Å². The lowest BCUT2D eigenvalue weighted by Gasteiger charge is -2.59. The minimum Gasteiger partial charge on any atom is -0.300 e. The second-order valence-electron chi connectivity index (χ2n) is 9.92. The fourth-order valence-electron chi connectivity index (χ4n) is 7.54. The van der Waals surface area contributed by atoms with Gasteiger partial charge in [0.15, 0.2) is 0 Å². The Morgan fingerprint density at radius 1 is 1.12 bits per heavy atom. The Morgan fingerprint density at radius 3 is 2.46 bits per heavy atom. The molecule has 4 aliphatic rings. The van der Waals surface area contributed by atoms with Crippen molar-refractivity contribution in [3.8, 4) is 0 Å². The van der Waals surface area contributed by atoms with Crippen LogP contribution in [0.4, 0.5) is 8.78 Å². The van der Waals surface area contributed by atoms with Crippen LogP contribution >= 0.6 is 0 Å². The maximum Gasteiger partial charge on any atom is 0.252 e. The Bertz CT molecular complexity index is 687. The second kappa shape index (κ2) is 5.45. The van der Waals surface area contributed by atoms with Gasteiger partial charge in [-0.3, -0.25) is 14.4 Å². The van der Waals surface area contributed by atoms with Crippen LogP contribution in [-0.2, 0) is 14.4 Å². The average Bonchev–Trinajstić information content (AvgIpc) is 2.74. The molecule has 0 radical (unpaired) electrons. The van der Waals surface area contributed by atoms with E-state index in [0.717, 1.165) is 6.42 Å². The van der Waals surface area contributed by atoms with Gasteiger partial charge in [0.05, 0.1) is 0 Å². The summed E-state index contributed by atoms with van der Waals surface area (Å²) in [6.45, 7) is 5.19. The van der Waals surface area contributed by atoms with Crippen molar-refractivity contribution in [3.05, 3.63) is 0 Å². The smallest absolute Gasteiger partial charge is 0.252 e. The SMILES string of the molecule is CC(=O)[C@H]1CC(F)(F)[C@H]2[C@@H]3CCC4CC(=O)CC[C@]4(C)[C@H]3C(=O)C[C@]12C. The van der Waals surface area contributed by atoms with Crippen molar-refractivity contribution < 1.29 is 23.2 Å². The molecule has 0 bridgehead atoms. The Kier molecular flexibility index (Phi) is 3.82. The van der Waals surface area contributed by atoms with Crippen LogP contribution in [0.1, 0.15) is 65.7 Å². The number of hydrogen-bond donors (Lipinski definition) is 0. The van der Waals surface area contributed by atoms with Gasteiger partial charge in [0.1, 0.15) is 17.3 Å². The van der Waals surface area contributed by atoms with Gasteiger partial charge in [0.2, 0.25) is 0 Å². The van der Waals surface area contributed by atoms with Gasteiger partial charge < -0.3 is 0 Å². The van der Waals surface area contributed by atoms with Gasteiger partial charge in [0.25, 0.3) is 5.92 Å². The minimum atomic E-state index is -2.90. The summed E-state index contributed by atoms with van der Waals surface area (Å²) in [6, 6.07) is 0. The maximum atomic E-state index is 15.1. The number of hydrogen-bond acceptors (Lipinski definition) is 3. The van der Waals surface area contributed by atoms with Gasteiger partial charge >= 0.3 is 0 Å². The quantitative estimate of drug-likeness (QED) is 0.698. The van der Waals surface area contributed by atoms with Gasteiger partial charge in [-0.2, -0.15) is 0 Å². The molecule has 0 aromatic heterocycles. The highest BCUT2D eigenvalue weighted by Gasteiger charge is 2.71. The minimum absolute atomic E-state index is 0.0549. The Balaban J connectivity index is 1.77. The molecule has 0 aliphatic heterocycles. The predicted molar refractivity (Wildman–Crippen MR) is 91.6 cm³/mol. The first-order valence-corrected chi connectivity index (χ1v) is 9.93. The number of fused-ring (bicyclic) bond motifs is 5. The molecule has 0 saturated heterocycles. The summed E-state index contributed by atoms with van der Waals surface area (Å²) in [5, 5.41) is 0. The summed E-state index contributed by atoms with van der Waals surface area (Å²) in [6.07, 6.45) is 2.55. The van der Waals surface area contributed by atoms with Gasteiger partial charge in [0, 0.05) is 43.4 Å². The highest BCUT2D eigenvalue weighted by molar-refractivity contribution is 5.88. The van der Waals surface area contributed by atoms with E-state index < -0.39 is 29.6 Å². The number of alkyl halides is 2. The van der Waals surface area contributed by atoms with Crippen molar-refractivity contribution >= 4 is 17.3 Å². The number of ketones is 3. The molecule has 4 aliphatic carbocycles. The van der Waals surface area contributed by atoms with E-state index in [1.807, 2.05) is 0 Å². The van der Waals surface area contributed by atoms with Crippen molar-refractivity contribution in [1.82, 2.24) is 0 Å². The Labute approximate surface area is 153 Å². The summed E-state index contributed by atoms with van der Waals surface area (Å²) in [5.41, 5.74) is -1.28. The molecule has 7 atom stereocenters. The van der Waals surface area contributed by atoms with Crippen molar-refractivity contribution in [2.45, 2.75) is 71.6 Å². The van der Waals surface area contributed by atoms with Crippen molar-refractivity contribution in [3.63, 3.8) is 0 Å². The van der Waals surface area contributed by atoms with Crippen LogP contribution in [0.15, 0.2) is 0 Å².